The van der Waals surface area contributed by atoms with Crippen molar-refractivity contribution in [2.24, 2.45) is 0 Å². The van der Waals surface area contributed by atoms with E-state index in [0.29, 0.717) is 33.6 Å². The monoisotopic (exact) mass is 492 g/mol. The highest BCUT2D eigenvalue weighted by Gasteiger charge is 2.40. The molecule has 1 aliphatic heterocycles. The maximum absolute atomic E-state index is 13.6. The molecule has 0 amide bonds. The Kier molecular flexibility index (Phi) is 4.81. The minimum absolute atomic E-state index is 0.0356. The molecule has 0 aliphatic carbocycles. The fourth-order valence-corrected chi connectivity index (χ4v) is 6.23. The molecule has 0 saturated carbocycles. The molecule has 6 rings (SSSR count). The molecule has 2 aromatic heterocycles. The standard InChI is InChI=1S/C24H20N4O6S/c29-23-25(19-9-3-5-11-21(19)33-23)13-15-27-17-7-1-2-8-18(17)28(35(27,31)32)16-14-26-20-10-4-6-12-22(20)34-24(26)30/h1-12H,13-16H2. The molecule has 35 heavy (non-hydrogen) atoms. The fourth-order valence-electron chi connectivity index (χ4n) is 4.56. The van der Waals surface area contributed by atoms with Crippen molar-refractivity contribution < 1.29 is 17.3 Å². The second kappa shape index (κ2) is 7.91. The van der Waals surface area contributed by atoms with Crippen LogP contribution in [0.25, 0.3) is 22.2 Å². The molecule has 0 fully saturated rings. The maximum atomic E-state index is 13.6. The molecule has 0 unspecified atom stereocenters. The summed E-state index contributed by atoms with van der Waals surface area (Å²) >= 11 is 0. The molecule has 1 aliphatic rings. The molecule has 5 aromatic rings. The Hall–Kier alpha value is -4.25. The fraction of sp³-hybridized carbons (Fsp3) is 0.167. The molecule has 0 atom stereocenters. The molecule has 178 valence electrons. The number of aromatic nitrogens is 2. The van der Waals surface area contributed by atoms with Gasteiger partial charge in [0.25, 0.3) is 0 Å². The summed E-state index contributed by atoms with van der Waals surface area (Å²) in [5, 5.41) is 0. The van der Waals surface area contributed by atoms with Crippen LogP contribution in [0.2, 0.25) is 0 Å². The molecule has 0 spiro atoms. The Labute approximate surface area is 199 Å². The third-order valence-corrected chi connectivity index (χ3v) is 8.05. The number of oxazole rings is 2. The Morgan fingerprint density at radius 1 is 0.571 bits per heavy atom. The Balaban J connectivity index is 1.31. The van der Waals surface area contributed by atoms with Crippen molar-refractivity contribution in [1.82, 2.24) is 9.13 Å². The molecule has 0 N–H and O–H groups in total. The summed E-state index contributed by atoms with van der Waals surface area (Å²) in [6.45, 7) is 0.299. The van der Waals surface area contributed by atoms with Crippen molar-refractivity contribution in [3.05, 3.63) is 93.9 Å². The summed E-state index contributed by atoms with van der Waals surface area (Å²) in [4.78, 5) is 24.7. The number of benzene rings is 3. The summed E-state index contributed by atoms with van der Waals surface area (Å²) < 4.78 is 43.2. The summed E-state index contributed by atoms with van der Waals surface area (Å²) in [5.41, 5.74) is 3.12. The van der Waals surface area contributed by atoms with E-state index in [-0.39, 0.29) is 26.2 Å². The molecular weight excluding hydrogens is 472 g/mol. The minimum Gasteiger partial charge on any atom is -0.408 e. The molecule has 10 nitrogen and oxygen atoms in total. The second-order valence-electron chi connectivity index (χ2n) is 8.12. The summed E-state index contributed by atoms with van der Waals surface area (Å²) in [6, 6.07) is 21.0. The first-order valence-electron chi connectivity index (χ1n) is 11.0. The number of nitrogens with zero attached hydrogens (tertiary/aromatic N) is 4. The lowest BCUT2D eigenvalue weighted by molar-refractivity contribution is 0.504. The molecule has 11 heteroatoms. The largest absolute Gasteiger partial charge is 0.420 e. The number of anilines is 2. The average molecular weight is 493 g/mol. The zero-order valence-corrected chi connectivity index (χ0v) is 19.2. The normalized spacial score (nSPS) is 14.7. The van der Waals surface area contributed by atoms with E-state index in [1.54, 1.807) is 72.8 Å². The Morgan fingerprint density at radius 2 is 0.971 bits per heavy atom. The lowest BCUT2D eigenvalue weighted by atomic mass is 10.2. The molecule has 3 heterocycles. The SMILES string of the molecule is O=c1oc2ccccc2n1CCN1c2ccccc2N(CCn2c(=O)oc3ccccc32)S1(=O)=O. The van der Waals surface area contributed by atoms with Crippen molar-refractivity contribution in [3.63, 3.8) is 0 Å². The van der Waals surface area contributed by atoms with Crippen molar-refractivity contribution in [2.75, 3.05) is 21.7 Å². The van der Waals surface area contributed by atoms with Gasteiger partial charge in [-0.15, -0.1) is 0 Å². The third kappa shape index (κ3) is 3.35. The first-order chi connectivity index (χ1) is 16.9. The predicted molar refractivity (Wildman–Crippen MR) is 131 cm³/mol. The van der Waals surface area contributed by atoms with E-state index in [1.165, 1.54) is 17.7 Å². The third-order valence-electron chi connectivity index (χ3n) is 6.18. The molecule has 0 radical (unpaired) electrons. The summed E-state index contributed by atoms with van der Waals surface area (Å²) in [7, 11) is -3.95. The van der Waals surface area contributed by atoms with E-state index in [2.05, 4.69) is 0 Å². The van der Waals surface area contributed by atoms with Gasteiger partial charge in [-0.1, -0.05) is 36.4 Å². The molecular formula is C24H20N4O6S. The van der Waals surface area contributed by atoms with Crippen LogP contribution in [0.4, 0.5) is 11.4 Å². The topological polar surface area (TPSA) is 111 Å². The van der Waals surface area contributed by atoms with E-state index in [4.69, 9.17) is 8.83 Å². The van der Waals surface area contributed by atoms with Crippen molar-refractivity contribution in [3.8, 4) is 0 Å². The van der Waals surface area contributed by atoms with Crippen molar-refractivity contribution in [1.29, 1.82) is 0 Å². The first kappa shape index (κ1) is 21.3. The molecule has 0 bridgehead atoms. The van der Waals surface area contributed by atoms with Gasteiger partial charge < -0.3 is 8.83 Å². The van der Waals surface area contributed by atoms with E-state index < -0.39 is 21.7 Å². The number of hydrogen-bond acceptors (Lipinski definition) is 6. The van der Waals surface area contributed by atoms with Gasteiger partial charge in [-0.3, -0.25) is 9.13 Å². The van der Waals surface area contributed by atoms with Crippen LogP contribution in [-0.4, -0.2) is 30.6 Å². The van der Waals surface area contributed by atoms with Gasteiger partial charge >= 0.3 is 21.7 Å². The van der Waals surface area contributed by atoms with E-state index in [1.807, 2.05) is 0 Å². The minimum atomic E-state index is -3.95. The van der Waals surface area contributed by atoms with Crippen LogP contribution in [0.5, 0.6) is 0 Å². The lowest BCUT2D eigenvalue weighted by Gasteiger charge is -2.22. The Bertz CT molecular complexity index is 1670. The summed E-state index contributed by atoms with van der Waals surface area (Å²) in [6.07, 6.45) is 0. The van der Waals surface area contributed by atoms with Crippen LogP contribution < -0.4 is 20.1 Å². The van der Waals surface area contributed by atoms with Crippen molar-refractivity contribution in [2.45, 2.75) is 13.1 Å². The van der Waals surface area contributed by atoms with Gasteiger partial charge in [-0.25, -0.2) is 18.2 Å². The van der Waals surface area contributed by atoms with Gasteiger partial charge in [0.1, 0.15) is 0 Å². The average Bonchev–Trinajstić information content (AvgIpc) is 3.42. The first-order valence-corrected chi connectivity index (χ1v) is 12.4. The highest BCUT2D eigenvalue weighted by Crippen LogP contribution is 2.40. The van der Waals surface area contributed by atoms with E-state index in [9.17, 15) is 18.0 Å². The summed E-state index contributed by atoms with van der Waals surface area (Å²) in [5.74, 6) is -1.08. The zero-order chi connectivity index (χ0) is 24.2. The van der Waals surface area contributed by atoms with E-state index >= 15 is 0 Å². The van der Waals surface area contributed by atoms with E-state index in [0.717, 1.165) is 0 Å². The smallest absolute Gasteiger partial charge is 0.408 e. The van der Waals surface area contributed by atoms with Gasteiger partial charge in [0.15, 0.2) is 11.2 Å². The number of rotatable bonds is 6. The van der Waals surface area contributed by atoms with Crippen LogP contribution in [-0.2, 0) is 23.3 Å². The van der Waals surface area contributed by atoms with Crippen molar-refractivity contribution >= 4 is 43.8 Å². The van der Waals surface area contributed by atoms with Gasteiger partial charge in [0, 0.05) is 13.1 Å². The number of para-hydroxylation sites is 6. The van der Waals surface area contributed by atoms with Crippen LogP contribution in [0.15, 0.2) is 91.2 Å². The lowest BCUT2D eigenvalue weighted by Crippen LogP contribution is -2.41. The number of hydrogen-bond donors (Lipinski definition) is 0. The predicted octanol–water partition coefficient (Wildman–Crippen LogP) is 2.77. The number of fused-ring (bicyclic) bond motifs is 3. The van der Waals surface area contributed by atoms with Gasteiger partial charge in [0.05, 0.1) is 35.5 Å². The molecule has 3 aromatic carbocycles. The van der Waals surface area contributed by atoms with Crippen LogP contribution in [0.1, 0.15) is 0 Å². The van der Waals surface area contributed by atoms with Crippen LogP contribution in [0, 0.1) is 0 Å². The quantitative estimate of drug-likeness (QED) is 0.360. The van der Waals surface area contributed by atoms with Crippen LogP contribution >= 0.6 is 0 Å². The zero-order valence-electron chi connectivity index (χ0n) is 18.4. The second-order valence-corrected chi connectivity index (χ2v) is 9.89. The van der Waals surface area contributed by atoms with Gasteiger partial charge in [-0.05, 0) is 36.4 Å². The highest BCUT2D eigenvalue weighted by molar-refractivity contribution is 7.94. The Morgan fingerprint density at radius 3 is 1.43 bits per heavy atom. The highest BCUT2D eigenvalue weighted by atomic mass is 32.2. The van der Waals surface area contributed by atoms with Gasteiger partial charge in [0.2, 0.25) is 0 Å². The maximum Gasteiger partial charge on any atom is 0.420 e. The molecule has 0 saturated heterocycles. The van der Waals surface area contributed by atoms with Crippen LogP contribution in [0.3, 0.4) is 0 Å². The van der Waals surface area contributed by atoms with Gasteiger partial charge in [-0.2, -0.15) is 8.42 Å².